The standard InChI is InChI=1S/C16H18FN3O/c1-4-8-20(9-5-2)11-15-18-16(19-21-15)13-7-6-12(3)14(17)10-13/h4-7,10H,1-2,8-9,11H2,3H3. The molecule has 1 heterocycles. The molecule has 1 aromatic heterocycles. The van der Waals surface area contributed by atoms with Crippen LogP contribution in [0.3, 0.4) is 0 Å². The molecule has 1 aromatic carbocycles. The van der Waals surface area contributed by atoms with Crippen molar-refractivity contribution in [2.75, 3.05) is 13.1 Å². The molecule has 0 unspecified atom stereocenters. The van der Waals surface area contributed by atoms with Crippen molar-refractivity contribution in [2.45, 2.75) is 13.5 Å². The minimum Gasteiger partial charge on any atom is -0.338 e. The van der Waals surface area contributed by atoms with Crippen LogP contribution >= 0.6 is 0 Å². The van der Waals surface area contributed by atoms with Gasteiger partial charge < -0.3 is 4.52 Å². The van der Waals surface area contributed by atoms with Crippen LogP contribution in [0.4, 0.5) is 4.39 Å². The summed E-state index contributed by atoms with van der Waals surface area (Å²) in [5.74, 6) is 0.592. The van der Waals surface area contributed by atoms with E-state index in [2.05, 4.69) is 23.3 Å². The van der Waals surface area contributed by atoms with Crippen molar-refractivity contribution in [1.82, 2.24) is 15.0 Å². The molecule has 0 saturated heterocycles. The van der Waals surface area contributed by atoms with E-state index in [1.54, 1.807) is 31.2 Å². The van der Waals surface area contributed by atoms with Gasteiger partial charge in [-0.15, -0.1) is 13.2 Å². The van der Waals surface area contributed by atoms with E-state index in [0.717, 1.165) is 0 Å². The molecule has 2 rings (SSSR count). The predicted octanol–water partition coefficient (Wildman–Crippen LogP) is 3.36. The number of rotatable bonds is 7. The Bertz CT molecular complexity index is 626. The van der Waals surface area contributed by atoms with Gasteiger partial charge in [0.15, 0.2) is 0 Å². The lowest BCUT2D eigenvalue weighted by Gasteiger charge is -2.15. The van der Waals surface area contributed by atoms with Crippen LogP contribution < -0.4 is 0 Å². The molecule has 5 heteroatoms. The summed E-state index contributed by atoms with van der Waals surface area (Å²) in [7, 11) is 0. The highest BCUT2D eigenvalue weighted by Crippen LogP contribution is 2.19. The van der Waals surface area contributed by atoms with Crippen LogP contribution in [0.15, 0.2) is 48.0 Å². The van der Waals surface area contributed by atoms with Crippen molar-refractivity contribution in [3.63, 3.8) is 0 Å². The molecular weight excluding hydrogens is 269 g/mol. The van der Waals surface area contributed by atoms with Gasteiger partial charge in [0.2, 0.25) is 11.7 Å². The molecule has 0 bridgehead atoms. The van der Waals surface area contributed by atoms with Gasteiger partial charge in [0.05, 0.1) is 6.54 Å². The lowest BCUT2D eigenvalue weighted by atomic mass is 10.1. The summed E-state index contributed by atoms with van der Waals surface area (Å²) in [6, 6.07) is 4.88. The Morgan fingerprint density at radius 2 is 2.00 bits per heavy atom. The molecule has 0 N–H and O–H groups in total. The highest BCUT2D eigenvalue weighted by molar-refractivity contribution is 5.54. The molecule has 0 aliphatic heterocycles. The van der Waals surface area contributed by atoms with E-state index in [-0.39, 0.29) is 5.82 Å². The summed E-state index contributed by atoms with van der Waals surface area (Å²) in [5, 5.41) is 3.90. The van der Waals surface area contributed by atoms with Gasteiger partial charge in [-0.1, -0.05) is 29.4 Å². The second-order valence-electron chi connectivity index (χ2n) is 4.75. The van der Waals surface area contributed by atoms with Gasteiger partial charge in [0.25, 0.3) is 0 Å². The average molecular weight is 287 g/mol. The zero-order valence-corrected chi connectivity index (χ0v) is 12.1. The third-order valence-corrected chi connectivity index (χ3v) is 3.03. The molecule has 21 heavy (non-hydrogen) atoms. The van der Waals surface area contributed by atoms with E-state index >= 15 is 0 Å². The van der Waals surface area contributed by atoms with Gasteiger partial charge in [-0.05, 0) is 18.6 Å². The molecule has 2 aromatic rings. The van der Waals surface area contributed by atoms with Crippen molar-refractivity contribution in [2.24, 2.45) is 0 Å². The quantitative estimate of drug-likeness (QED) is 0.732. The summed E-state index contributed by atoms with van der Waals surface area (Å²) in [4.78, 5) is 6.35. The summed E-state index contributed by atoms with van der Waals surface area (Å²) >= 11 is 0. The summed E-state index contributed by atoms with van der Waals surface area (Å²) in [6.45, 7) is 11.0. The Hall–Kier alpha value is -2.27. The SMILES string of the molecule is C=CCN(CC=C)Cc1nc(-c2ccc(C)c(F)c2)no1. The smallest absolute Gasteiger partial charge is 0.241 e. The molecule has 0 amide bonds. The number of hydrogen-bond donors (Lipinski definition) is 0. The molecule has 0 atom stereocenters. The van der Waals surface area contributed by atoms with E-state index < -0.39 is 0 Å². The van der Waals surface area contributed by atoms with Crippen molar-refractivity contribution in [1.29, 1.82) is 0 Å². The molecule has 0 aliphatic rings. The Kier molecular flexibility index (Phi) is 5.00. The summed E-state index contributed by atoms with van der Waals surface area (Å²) < 4.78 is 18.8. The monoisotopic (exact) mass is 287 g/mol. The first kappa shape index (κ1) is 15.1. The van der Waals surface area contributed by atoms with Crippen LogP contribution in [0.5, 0.6) is 0 Å². The number of aryl methyl sites for hydroxylation is 1. The van der Waals surface area contributed by atoms with Gasteiger partial charge >= 0.3 is 0 Å². The predicted molar refractivity (Wildman–Crippen MR) is 80.1 cm³/mol. The maximum atomic E-state index is 13.6. The normalized spacial score (nSPS) is 10.8. The van der Waals surface area contributed by atoms with Crippen LogP contribution in [0.1, 0.15) is 11.5 Å². The second kappa shape index (κ2) is 6.95. The van der Waals surface area contributed by atoms with E-state index in [1.165, 1.54) is 6.07 Å². The van der Waals surface area contributed by atoms with Crippen LogP contribution in [0.25, 0.3) is 11.4 Å². The number of halogens is 1. The third-order valence-electron chi connectivity index (χ3n) is 3.03. The van der Waals surface area contributed by atoms with Gasteiger partial charge in [0.1, 0.15) is 5.82 Å². The van der Waals surface area contributed by atoms with Gasteiger partial charge in [-0.3, -0.25) is 4.90 Å². The molecule has 0 radical (unpaired) electrons. The number of hydrogen-bond acceptors (Lipinski definition) is 4. The Labute approximate surface area is 123 Å². The molecule has 0 aliphatic carbocycles. The first-order valence-corrected chi connectivity index (χ1v) is 6.67. The fraction of sp³-hybridized carbons (Fsp3) is 0.250. The Morgan fingerprint density at radius 1 is 1.29 bits per heavy atom. The average Bonchev–Trinajstić information content (AvgIpc) is 2.91. The van der Waals surface area contributed by atoms with Crippen LogP contribution in [0, 0.1) is 12.7 Å². The van der Waals surface area contributed by atoms with E-state index in [4.69, 9.17) is 4.52 Å². The molecular formula is C16H18FN3O. The first-order valence-electron chi connectivity index (χ1n) is 6.67. The van der Waals surface area contributed by atoms with Gasteiger partial charge in [-0.25, -0.2) is 4.39 Å². The minimum absolute atomic E-state index is 0.279. The van der Waals surface area contributed by atoms with Crippen molar-refractivity contribution >= 4 is 0 Å². The largest absolute Gasteiger partial charge is 0.338 e. The highest BCUT2D eigenvalue weighted by Gasteiger charge is 2.12. The zero-order valence-electron chi connectivity index (χ0n) is 12.1. The van der Waals surface area contributed by atoms with Crippen LogP contribution in [-0.2, 0) is 6.54 Å². The van der Waals surface area contributed by atoms with Gasteiger partial charge in [-0.2, -0.15) is 4.98 Å². The van der Waals surface area contributed by atoms with Crippen molar-refractivity contribution in [3.05, 3.63) is 60.8 Å². The maximum absolute atomic E-state index is 13.6. The highest BCUT2D eigenvalue weighted by atomic mass is 19.1. The van der Waals surface area contributed by atoms with Crippen LogP contribution in [0.2, 0.25) is 0 Å². The lowest BCUT2D eigenvalue weighted by Crippen LogP contribution is -2.23. The second-order valence-corrected chi connectivity index (χ2v) is 4.75. The van der Waals surface area contributed by atoms with Gasteiger partial charge in [0, 0.05) is 18.7 Å². The molecule has 0 fully saturated rings. The lowest BCUT2D eigenvalue weighted by molar-refractivity contribution is 0.266. The number of nitrogens with zero attached hydrogens (tertiary/aromatic N) is 3. The third kappa shape index (κ3) is 3.86. The number of benzene rings is 1. The molecule has 110 valence electrons. The van der Waals surface area contributed by atoms with E-state index in [1.807, 2.05) is 4.90 Å². The topological polar surface area (TPSA) is 42.2 Å². The first-order chi connectivity index (χ1) is 10.1. The minimum atomic E-state index is -0.279. The fourth-order valence-corrected chi connectivity index (χ4v) is 1.93. The molecule has 0 spiro atoms. The fourth-order valence-electron chi connectivity index (χ4n) is 1.93. The summed E-state index contributed by atoms with van der Waals surface area (Å²) in [5.41, 5.74) is 1.19. The Morgan fingerprint density at radius 3 is 2.62 bits per heavy atom. The van der Waals surface area contributed by atoms with Crippen LogP contribution in [-0.4, -0.2) is 28.1 Å². The molecule has 4 nitrogen and oxygen atoms in total. The van der Waals surface area contributed by atoms with Crippen molar-refractivity contribution < 1.29 is 8.91 Å². The molecule has 0 saturated carbocycles. The van der Waals surface area contributed by atoms with E-state index in [9.17, 15) is 4.39 Å². The summed E-state index contributed by atoms with van der Waals surface area (Å²) in [6.07, 6.45) is 3.60. The van der Waals surface area contributed by atoms with E-state index in [0.29, 0.717) is 42.5 Å². The number of aromatic nitrogens is 2. The maximum Gasteiger partial charge on any atom is 0.241 e. The van der Waals surface area contributed by atoms with Crippen molar-refractivity contribution in [3.8, 4) is 11.4 Å². The Balaban J connectivity index is 2.14. The zero-order chi connectivity index (χ0) is 15.2.